The van der Waals surface area contributed by atoms with E-state index in [9.17, 15) is 21.6 Å². The van der Waals surface area contributed by atoms with E-state index in [1.165, 1.54) is 23.7 Å². The smallest absolute Gasteiger partial charge is 0.333 e. The van der Waals surface area contributed by atoms with Crippen molar-refractivity contribution in [2.45, 2.75) is 24.6 Å². The Labute approximate surface area is 160 Å². The summed E-state index contributed by atoms with van der Waals surface area (Å²) in [5.74, 6) is 0.159. The molecule has 0 saturated heterocycles. The molecule has 1 heterocycles. The fourth-order valence-electron chi connectivity index (χ4n) is 2.54. The van der Waals surface area contributed by atoms with Crippen LogP contribution >= 0.6 is 0 Å². The predicted octanol–water partition coefficient (Wildman–Crippen LogP) is 4.32. The van der Waals surface area contributed by atoms with Crippen LogP contribution in [0.3, 0.4) is 0 Å². The maximum absolute atomic E-state index is 12.8. The molecule has 0 atom stereocenters. The molecule has 148 valence electrons. The van der Waals surface area contributed by atoms with E-state index in [-0.39, 0.29) is 17.3 Å². The highest BCUT2D eigenvalue weighted by Gasteiger charge is 2.34. The lowest BCUT2D eigenvalue weighted by Crippen LogP contribution is -2.06. The van der Waals surface area contributed by atoms with Crippen LogP contribution in [0, 0.1) is 6.92 Å². The van der Waals surface area contributed by atoms with E-state index in [4.69, 9.17) is 4.18 Å². The Hall–Kier alpha value is -2.65. The third-order valence-corrected chi connectivity index (χ3v) is 5.35. The molecular formula is C19H17F3N2O3S. The van der Waals surface area contributed by atoms with Crippen molar-refractivity contribution in [2.75, 3.05) is 0 Å². The maximum Gasteiger partial charge on any atom is 0.434 e. The molecule has 9 heteroatoms. The number of benzene rings is 2. The summed E-state index contributed by atoms with van der Waals surface area (Å²) in [5, 5.41) is 0. The van der Waals surface area contributed by atoms with Gasteiger partial charge < -0.3 is 4.57 Å². The summed E-state index contributed by atoms with van der Waals surface area (Å²) >= 11 is 0. The van der Waals surface area contributed by atoms with E-state index in [2.05, 4.69) is 4.98 Å². The lowest BCUT2D eigenvalue weighted by Gasteiger charge is -2.07. The zero-order valence-corrected chi connectivity index (χ0v) is 15.9. The Morgan fingerprint density at radius 3 is 2.18 bits per heavy atom. The van der Waals surface area contributed by atoms with Crippen LogP contribution in [0.25, 0.3) is 11.4 Å². The van der Waals surface area contributed by atoms with E-state index >= 15 is 0 Å². The Morgan fingerprint density at radius 2 is 1.64 bits per heavy atom. The van der Waals surface area contributed by atoms with Crippen LogP contribution < -0.4 is 0 Å². The summed E-state index contributed by atoms with van der Waals surface area (Å²) in [6, 6.07) is 12.6. The van der Waals surface area contributed by atoms with E-state index in [0.29, 0.717) is 11.1 Å². The Kier molecular flexibility index (Phi) is 5.31. The molecule has 0 bridgehead atoms. The van der Waals surface area contributed by atoms with E-state index in [0.717, 1.165) is 11.8 Å². The number of hydrogen-bond acceptors (Lipinski definition) is 4. The molecule has 0 aliphatic heterocycles. The van der Waals surface area contributed by atoms with Gasteiger partial charge in [0, 0.05) is 18.8 Å². The van der Waals surface area contributed by atoms with Gasteiger partial charge in [-0.15, -0.1) is 0 Å². The summed E-state index contributed by atoms with van der Waals surface area (Å²) in [6.45, 7) is 1.66. The first-order chi connectivity index (χ1) is 13.1. The van der Waals surface area contributed by atoms with Crippen molar-refractivity contribution < 1.29 is 25.8 Å². The summed E-state index contributed by atoms with van der Waals surface area (Å²) in [5.41, 5.74) is 0.993. The van der Waals surface area contributed by atoms with Gasteiger partial charge in [0.25, 0.3) is 10.1 Å². The first-order valence-electron chi connectivity index (χ1n) is 8.22. The summed E-state index contributed by atoms with van der Waals surface area (Å²) in [4.78, 5) is 3.68. The van der Waals surface area contributed by atoms with Gasteiger partial charge in [-0.3, -0.25) is 4.18 Å². The largest absolute Gasteiger partial charge is 0.434 e. The maximum atomic E-state index is 12.8. The summed E-state index contributed by atoms with van der Waals surface area (Å²) in [7, 11) is -2.42. The second kappa shape index (κ2) is 7.40. The normalized spacial score (nSPS) is 12.3. The number of imidazole rings is 1. The minimum absolute atomic E-state index is 0.0578. The molecule has 0 N–H and O–H groups in total. The summed E-state index contributed by atoms with van der Waals surface area (Å²) in [6.07, 6.45) is -3.60. The number of aryl methyl sites for hydroxylation is 2. The molecule has 0 saturated carbocycles. The van der Waals surface area contributed by atoms with Crippen LogP contribution in [0.4, 0.5) is 13.2 Å². The molecular weight excluding hydrogens is 393 g/mol. The van der Waals surface area contributed by atoms with Gasteiger partial charge in [-0.2, -0.15) is 21.6 Å². The monoisotopic (exact) mass is 410 g/mol. The Morgan fingerprint density at radius 1 is 1.04 bits per heavy atom. The molecule has 3 rings (SSSR count). The van der Waals surface area contributed by atoms with Crippen molar-refractivity contribution in [1.82, 2.24) is 9.55 Å². The molecule has 2 aromatic carbocycles. The van der Waals surface area contributed by atoms with Crippen molar-refractivity contribution in [3.63, 3.8) is 0 Å². The average molecular weight is 410 g/mol. The van der Waals surface area contributed by atoms with Gasteiger partial charge in [0.2, 0.25) is 0 Å². The second-order valence-corrected chi connectivity index (χ2v) is 7.90. The van der Waals surface area contributed by atoms with E-state index in [1.54, 1.807) is 36.4 Å². The standard InChI is InChI=1S/C19H17F3N2O3S/c1-13-3-9-16(10-4-13)28(25,26)27-12-14-5-7-15(8-6-14)18-23-17(11-24(18)2)19(20,21)22/h3-11H,12H2,1-2H3. The molecule has 0 radical (unpaired) electrons. The van der Waals surface area contributed by atoms with Crippen LogP contribution in [-0.2, 0) is 34.1 Å². The second-order valence-electron chi connectivity index (χ2n) is 6.28. The zero-order chi connectivity index (χ0) is 20.5. The zero-order valence-electron chi connectivity index (χ0n) is 15.1. The van der Waals surface area contributed by atoms with Crippen molar-refractivity contribution >= 4 is 10.1 Å². The average Bonchev–Trinajstić information content (AvgIpc) is 3.03. The van der Waals surface area contributed by atoms with Crippen molar-refractivity contribution in [1.29, 1.82) is 0 Å². The molecule has 5 nitrogen and oxygen atoms in total. The molecule has 0 aliphatic carbocycles. The van der Waals surface area contributed by atoms with E-state index < -0.39 is 22.0 Å². The van der Waals surface area contributed by atoms with Crippen LogP contribution in [0.5, 0.6) is 0 Å². The third-order valence-electron chi connectivity index (χ3n) is 4.07. The highest BCUT2D eigenvalue weighted by atomic mass is 32.2. The van der Waals surface area contributed by atoms with Gasteiger partial charge in [0.15, 0.2) is 5.69 Å². The highest BCUT2D eigenvalue weighted by molar-refractivity contribution is 7.86. The van der Waals surface area contributed by atoms with Gasteiger partial charge in [-0.05, 0) is 24.6 Å². The predicted molar refractivity (Wildman–Crippen MR) is 96.8 cm³/mol. The Bertz CT molecular complexity index is 1070. The number of rotatable bonds is 5. The lowest BCUT2D eigenvalue weighted by molar-refractivity contribution is -0.140. The molecule has 1 aromatic heterocycles. The van der Waals surface area contributed by atoms with Crippen LogP contribution in [0.15, 0.2) is 59.6 Å². The number of hydrogen-bond donors (Lipinski definition) is 0. The van der Waals surface area contributed by atoms with Gasteiger partial charge in [0.1, 0.15) is 5.82 Å². The Balaban J connectivity index is 1.73. The topological polar surface area (TPSA) is 61.2 Å². The first kappa shape index (κ1) is 20.1. The molecule has 3 aromatic rings. The van der Waals surface area contributed by atoms with Crippen molar-refractivity contribution in [3.8, 4) is 11.4 Å². The number of aromatic nitrogens is 2. The van der Waals surface area contributed by atoms with Crippen molar-refractivity contribution in [3.05, 3.63) is 71.5 Å². The van der Waals surface area contributed by atoms with Crippen LogP contribution in [-0.4, -0.2) is 18.0 Å². The SMILES string of the molecule is Cc1ccc(S(=O)(=O)OCc2ccc(-c3nc(C(F)(F)F)cn3C)cc2)cc1. The summed E-state index contributed by atoms with van der Waals surface area (Å²) < 4.78 is 69.1. The molecule has 0 aliphatic rings. The number of nitrogens with zero attached hydrogens (tertiary/aromatic N) is 2. The quantitative estimate of drug-likeness (QED) is 0.588. The fourth-order valence-corrected chi connectivity index (χ4v) is 3.44. The van der Waals surface area contributed by atoms with Gasteiger partial charge in [0.05, 0.1) is 11.5 Å². The molecule has 28 heavy (non-hydrogen) atoms. The lowest BCUT2D eigenvalue weighted by atomic mass is 10.1. The fraction of sp³-hybridized carbons (Fsp3) is 0.211. The van der Waals surface area contributed by atoms with Gasteiger partial charge in [-0.1, -0.05) is 42.0 Å². The highest BCUT2D eigenvalue weighted by Crippen LogP contribution is 2.30. The van der Waals surface area contributed by atoms with Gasteiger partial charge in [-0.25, -0.2) is 4.98 Å². The minimum atomic E-state index is -4.52. The molecule has 0 amide bonds. The van der Waals surface area contributed by atoms with Crippen LogP contribution in [0.2, 0.25) is 0 Å². The molecule has 0 unspecified atom stereocenters. The minimum Gasteiger partial charge on any atom is -0.333 e. The first-order valence-corrected chi connectivity index (χ1v) is 9.63. The molecule has 0 fully saturated rings. The third kappa shape index (κ3) is 4.42. The molecule has 0 spiro atoms. The van der Waals surface area contributed by atoms with Gasteiger partial charge >= 0.3 is 6.18 Å². The van der Waals surface area contributed by atoms with Crippen molar-refractivity contribution in [2.24, 2.45) is 7.05 Å². The number of halogens is 3. The van der Waals surface area contributed by atoms with E-state index in [1.807, 2.05) is 6.92 Å². The van der Waals surface area contributed by atoms with Crippen LogP contribution in [0.1, 0.15) is 16.8 Å². The number of alkyl halides is 3.